The van der Waals surface area contributed by atoms with Gasteiger partial charge in [0.15, 0.2) is 0 Å². The average molecular weight is 439 g/mol. The Balaban J connectivity index is 1.72. The van der Waals surface area contributed by atoms with E-state index in [4.69, 9.17) is 4.74 Å². The smallest absolute Gasteiger partial charge is 0.416 e. The fourth-order valence-corrected chi connectivity index (χ4v) is 4.31. The van der Waals surface area contributed by atoms with Crippen LogP contribution < -0.4 is 0 Å². The van der Waals surface area contributed by atoms with Crippen LogP contribution in [0.3, 0.4) is 0 Å². The molecule has 4 rings (SSSR count). The number of benzene rings is 3. The minimum absolute atomic E-state index is 0.177. The maximum Gasteiger partial charge on any atom is 0.416 e. The van der Waals surface area contributed by atoms with Crippen molar-refractivity contribution in [1.29, 1.82) is 0 Å². The average Bonchev–Trinajstić information content (AvgIpc) is 2.79. The van der Waals surface area contributed by atoms with E-state index in [0.717, 1.165) is 23.6 Å². The third-order valence-electron chi connectivity index (χ3n) is 5.74. The van der Waals surface area contributed by atoms with E-state index in [9.17, 15) is 18.0 Å². The highest BCUT2D eigenvalue weighted by Gasteiger charge is 2.32. The van der Waals surface area contributed by atoms with Crippen molar-refractivity contribution in [3.8, 4) is 0 Å². The molecule has 1 aliphatic heterocycles. The predicted molar refractivity (Wildman–Crippen MR) is 116 cm³/mol. The number of halogens is 3. The molecule has 0 fully saturated rings. The first-order valence-corrected chi connectivity index (χ1v) is 10.6. The zero-order valence-electron chi connectivity index (χ0n) is 17.7. The van der Waals surface area contributed by atoms with E-state index in [1.165, 1.54) is 17.7 Å². The van der Waals surface area contributed by atoms with Gasteiger partial charge in [0.25, 0.3) is 0 Å². The molecule has 32 heavy (non-hydrogen) atoms. The summed E-state index contributed by atoms with van der Waals surface area (Å²) in [5.41, 5.74) is 3.64. The minimum Gasteiger partial charge on any atom is -0.462 e. The summed E-state index contributed by atoms with van der Waals surface area (Å²) in [5, 5.41) is 0. The van der Waals surface area contributed by atoms with Crippen LogP contribution in [-0.2, 0) is 23.9 Å². The van der Waals surface area contributed by atoms with Crippen molar-refractivity contribution in [1.82, 2.24) is 4.90 Å². The van der Waals surface area contributed by atoms with Crippen LogP contribution in [-0.4, -0.2) is 24.0 Å². The maximum atomic E-state index is 13.2. The van der Waals surface area contributed by atoms with Crippen LogP contribution in [0.25, 0.3) is 0 Å². The molecule has 166 valence electrons. The Morgan fingerprint density at radius 2 is 1.81 bits per heavy atom. The third-order valence-corrected chi connectivity index (χ3v) is 5.74. The minimum atomic E-state index is -4.38. The normalized spacial score (nSPS) is 16.4. The number of esters is 1. The molecule has 0 bridgehead atoms. The van der Waals surface area contributed by atoms with E-state index in [1.54, 1.807) is 19.1 Å². The third kappa shape index (κ3) is 4.70. The highest BCUT2D eigenvalue weighted by atomic mass is 19.4. The number of hydrogen-bond acceptors (Lipinski definition) is 3. The predicted octanol–water partition coefficient (Wildman–Crippen LogP) is 6.03. The summed E-state index contributed by atoms with van der Waals surface area (Å²) in [6, 6.07) is 20.7. The highest BCUT2D eigenvalue weighted by molar-refractivity contribution is 5.89. The first-order valence-electron chi connectivity index (χ1n) is 10.6. The van der Waals surface area contributed by atoms with E-state index >= 15 is 0 Å². The van der Waals surface area contributed by atoms with Gasteiger partial charge in [0.2, 0.25) is 0 Å². The number of hydrogen-bond donors (Lipinski definition) is 0. The summed E-state index contributed by atoms with van der Waals surface area (Å²) >= 11 is 0. The monoisotopic (exact) mass is 439 g/mol. The van der Waals surface area contributed by atoms with Crippen LogP contribution in [0.2, 0.25) is 0 Å². The molecule has 0 saturated carbocycles. The fraction of sp³-hybridized carbons (Fsp3) is 0.269. The lowest BCUT2D eigenvalue weighted by atomic mass is 9.87. The fourth-order valence-electron chi connectivity index (χ4n) is 4.31. The van der Waals surface area contributed by atoms with Crippen molar-refractivity contribution in [3.05, 3.63) is 106 Å². The maximum absolute atomic E-state index is 13.2. The van der Waals surface area contributed by atoms with Crippen LogP contribution in [0.4, 0.5) is 13.2 Å². The van der Waals surface area contributed by atoms with Crippen molar-refractivity contribution in [2.75, 3.05) is 13.2 Å². The lowest BCUT2D eigenvalue weighted by Gasteiger charge is -2.38. The number of carbonyl (C=O) groups excluding carboxylic acids is 1. The first-order chi connectivity index (χ1) is 15.4. The largest absolute Gasteiger partial charge is 0.462 e. The Bertz CT molecular complexity index is 1110. The van der Waals surface area contributed by atoms with Crippen molar-refractivity contribution >= 4 is 5.97 Å². The summed E-state index contributed by atoms with van der Waals surface area (Å²) in [4.78, 5) is 14.5. The van der Waals surface area contributed by atoms with Crippen LogP contribution >= 0.6 is 0 Å². The molecule has 0 aromatic heterocycles. The molecule has 3 nitrogen and oxygen atoms in total. The molecule has 0 radical (unpaired) electrons. The summed E-state index contributed by atoms with van der Waals surface area (Å²) in [7, 11) is 0. The van der Waals surface area contributed by atoms with Crippen molar-refractivity contribution in [3.63, 3.8) is 0 Å². The Hall–Kier alpha value is -3.12. The molecular weight excluding hydrogens is 415 g/mol. The number of nitrogens with zero attached hydrogens (tertiary/aromatic N) is 1. The SMILES string of the molecule is CCOC(=O)c1cccc(C2c3ccccc3CCN2Cc2cccc(C(F)(F)F)c2)c1. The van der Waals surface area contributed by atoms with E-state index in [-0.39, 0.29) is 18.6 Å². The zero-order valence-corrected chi connectivity index (χ0v) is 17.7. The Morgan fingerprint density at radius 3 is 2.59 bits per heavy atom. The van der Waals surface area contributed by atoms with E-state index in [1.807, 2.05) is 30.3 Å². The standard InChI is InChI=1S/C26H24F3NO2/c1-2-32-25(31)21-10-6-9-20(16-21)24-23-12-4-3-8-19(23)13-14-30(24)17-18-7-5-11-22(15-18)26(27,28)29/h3-12,15-16,24H,2,13-14,17H2,1H3. The Labute approximate surface area is 185 Å². The molecule has 0 aliphatic carbocycles. The van der Waals surface area contributed by atoms with Crippen molar-refractivity contribution < 1.29 is 22.7 Å². The van der Waals surface area contributed by atoms with Gasteiger partial charge in [-0.1, -0.05) is 54.6 Å². The second-order valence-electron chi connectivity index (χ2n) is 7.87. The van der Waals surface area contributed by atoms with Crippen LogP contribution in [0, 0.1) is 0 Å². The van der Waals surface area contributed by atoms with Gasteiger partial charge in [0, 0.05) is 13.1 Å². The number of fused-ring (bicyclic) bond motifs is 1. The number of carbonyl (C=O) groups is 1. The van der Waals surface area contributed by atoms with Gasteiger partial charge in [-0.3, -0.25) is 4.90 Å². The van der Waals surface area contributed by atoms with Gasteiger partial charge in [0.1, 0.15) is 0 Å². The van der Waals surface area contributed by atoms with Crippen LogP contribution in [0.15, 0.2) is 72.8 Å². The van der Waals surface area contributed by atoms with Gasteiger partial charge in [0.05, 0.1) is 23.8 Å². The topological polar surface area (TPSA) is 29.5 Å². The molecule has 0 N–H and O–H groups in total. The van der Waals surface area contributed by atoms with Crippen LogP contribution in [0.1, 0.15) is 51.1 Å². The molecule has 0 spiro atoms. The molecule has 0 amide bonds. The van der Waals surface area contributed by atoms with Gasteiger partial charge in [-0.05, 0) is 53.8 Å². The molecule has 1 atom stereocenters. The number of ether oxygens (including phenoxy) is 1. The Kier molecular flexibility index (Phi) is 6.33. The van der Waals surface area contributed by atoms with Gasteiger partial charge < -0.3 is 4.74 Å². The first kappa shape index (κ1) is 22.1. The number of rotatable bonds is 5. The Morgan fingerprint density at radius 1 is 1.03 bits per heavy atom. The quantitative estimate of drug-likeness (QED) is 0.455. The number of alkyl halides is 3. The van der Waals surface area contributed by atoms with Gasteiger partial charge >= 0.3 is 12.1 Å². The summed E-state index contributed by atoms with van der Waals surface area (Å²) in [6.45, 7) is 3.11. The summed E-state index contributed by atoms with van der Waals surface area (Å²) in [6.07, 6.45) is -3.57. The van der Waals surface area contributed by atoms with Crippen LogP contribution in [0.5, 0.6) is 0 Å². The van der Waals surface area contributed by atoms with E-state index in [2.05, 4.69) is 17.0 Å². The lowest BCUT2D eigenvalue weighted by Crippen LogP contribution is -2.35. The molecule has 1 unspecified atom stereocenters. The molecule has 0 saturated heterocycles. The van der Waals surface area contributed by atoms with Gasteiger partial charge in [-0.2, -0.15) is 13.2 Å². The second-order valence-corrected chi connectivity index (χ2v) is 7.87. The summed E-state index contributed by atoms with van der Waals surface area (Å²) < 4.78 is 44.8. The van der Waals surface area contributed by atoms with Gasteiger partial charge in [-0.15, -0.1) is 0 Å². The molecule has 3 aromatic carbocycles. The summed E-state index contributed by atoms with van der Waals surface area (Å²) in [5.74, 6) is -0.386. The molecule has 3 aromatic rings. The molecule has 6 heteroatoms. The highest BCUT2D eigenvalue weighted by Crippen LogP contribution is 2.37. The van der Waals surface area contributed by atoms with Gasteiger partial charge in [-0.25, -0.2) is 4.79 Å². The molecular formula is C26H24F3NO2. The second kappa shape index (κ2) is 9.17. The van der Waals surface area contributed by atoms with Crippen molar-refractivity contribution in [2.45, 2.75) is 32.1 Å². The lowest BCUT2D eigenvalue weighted by molar-refractivity contribution is -0.137. The van der Waals surface area contributed by atoms with E-state index in [0.29, 0.717) is 24.2 Å². The van der Waals surface area contributed by atoms with Crippen molar-refractivity contribution in [2.24, 2.45) is 0 Å². The molecule has 1 heterocycles. The zero-order chi connectivity index (χ0) is 22.7. The van der Waals surface area contributed by atoms with E-state index < -0.39 is 11.7 Å². The molecule has 1 aliphatic rings.